The number of aromatic nitrogens is 4. The molecule has 0 fully saturated rings. The second-order valence-electron chi connectivity index (χ2n) is 4.38. The summed E-state index contributed by atoms with van der Waals surface area (Å²) < 4.78 is 8.83. The SMILES string of the molecule is C=Cc1nnc(-c2c(C)nc3sc4ccccc4n23)o1. The second-order valence-corrected chi connectivity index (χ2v) is 5.39. The van der Waals surface area contributed by atoms with Gasteiger partial charge in [-0.2, -0.15) is 0 Å². The maximum atomic E-state index is 5.59. The van der Waals surface area contributed by atoms with Gasteiger partial charge in [0.15, 0.2) is 4.96 Å². The lowest BCUT2D eigenvalue weighted by atomic mass is 10.3. The van der Waals surface area contributed by atoms with Crippen LogP contribution in [0.1, 0.15) is 11.6 Å². The molecule has 20 heavy (non-hydrogen) atoms. The molecule has 5 nitrogen and oxygen atoms in total. The van der Waals surface area contributed by atoms with Crippen molar-refractivity contribution >= 4 is 32.6 Å². The third kappa shape index (κ3) is 1.45. The largest absolute Gasteiger partial charge is 0.415 e. The zero-order valence-electron chi connectivity index (χ0n) is 10.7. The van der Waals surface area contributed by atoms with Crippen LogP contribution in [0.5, 0.6) is 0 Å². The van der Waals surface area contributed by atoms with Gasteiger partial charge >= 0.3 is 0 Å². The van der Waals surface area contributed by atoms with Gasteiger partial charge in [-0.05, 0) is 25.1 Å². The smallest absolute Gasteiger partial charge is 0.266 e. The van der Waals surface area contributed by atoms with Gasteiger partial charge in [0.1, 0.15) is 5.69 Å². The van der Waals surface area contributed by atoms with E-state index in [1.165, 1.54) is 10.8 Å². The van der Waals surface area contributed by atoms with E-state index in [0.717, 1.165) is 21.9 Å². The first-order chi connectivity index (χ1) is 9.78. The van der Waals surface area contributed by atoms with Gasteiger partial charge in [-0.1, -0.05) is 30.0 Å². The van der Waals surface area contributed by atoms with Crippen LogP contribution in [0, 0.1) is 6.92 Å². The molecule has 6 heteroatoms. The number of fused-ring (bicyclic) bond motifs is 3. The predicted molar refractivity (Wildman–Crippen MR) is 78.7 cm³/mol. The van der Waals surface area contributed by atoms with Crippen molar-refractivity contribution in [2.75, 3.05) is 0 Å². The van der Waals surface area contributed by atoms with Crippen LogP contribution >= 0.6 is 11.3 Å². The minimum Gasteiger partial charge on any atom is -0.415 e. The fraction of sp³-hybridized carbons (Fsp3) is 0.0714. The van der Waals surface area contributed by atoms with Crippen molar-refractivity contribution in [1.82, 2.24) is 19.6 Å². The standard InChI is InChI=1S/C14H10N4OS/c1-3-11-16-17-13(19-11)12-8(2)15-14-18(12)9-6-4-5-7-10(9)20-14/h3-7H,1H2,2H3. The monoisotopic (exact) mass is 282 g/mol. The number of aryl methyl sites for hydroxylation is 1. The normalized spacial score (nSPS) is 11.4. The second kappa shape index (κ2) is 4.01. The molecule has 0 aliphatic rings. The van der Waals surface area contributed by atoms with Crippen LogP contribution < -0.4 is 0 Å². The molecule has 4 rings (SSSR count). The highest BCUT2D eigenvalue weighted by molar-refractivity contribution is 7.23. The van der Waals surface area contributed by atoms with Crippen LogP contribution in [0.4, 0.5) is 0 Å². The Balaban J connectivity index is 2.11. The van der Waals surface area contributed by atoms with E-state index in [2.05, 4.69) is 38.3 Å². The van der Waals surface area contributed by atoms with Crippen LogP contribution in [-0.4, -0.2) is 19.6 Å². The zero-order valence-corrected chi connectivity index (χ0v) is 11.5. The summed E-state index contributed by atoms with van der Waals surface area (Å²) in [6, 6.07) is 8.18. The lowest BCUT2D eigenvalue weighted by molar-refractivity contribution is 0.555. The highest BCUT2D eigenvalue weighted by Gasteiger charge is 2.19. The van der Waals surface area contributed by atoms with Crippen LogP contribution in [0.3, 0.4) is 0 Å². The Morgan fingerprint density at radius 1 is 1.30 bits per heavy atom. The Labute approximate surface area is 118 Å². The molecule has 3 aromatic heterocycles. The molecule has 1 aromatic carbocycles. The lowest BCUT2D eigenvalue weighted by Crippen LogP contribution is -1.88. The van der Waals surface area contributed by atoms with E-state index >= 15 is 0 Å². The molecule has 0 aliphatic heterocycles. The first-order valence-corrected chi connectivity index (χ1v) is 6.92. The Kier molecular flexibility index (Phi) is 2.28. The number of para-hydroxylation sites is 1. The fourth-order valence-corrected chi connectivity index (χ4v) is 3.36. The van der Waals surface area contributed by atoms with Crippen LogP contribution in [0.2, 0.25) is 0 Å². The lowest BCUT2D eigenvalue weighted by Gasteiger charge is -1.96. The van der Waals surface area contributed by atoms with Gasteiger partial charge in [0.25, 0.3) is 5.89 Å². The number of hydrogen-bond donors (Lipinski definition) is 0. The molecule has 0 amide bonds. The Morgan fingerprint density at radius 2 is 2.15 bits per heavy atom. The van der Waals surface area contributed by atoms with Crippen molar-refractivity contribution in [2.24, 2.45) is 0 Å². The molecule has 3 heterocycles. The zero-order chi connectivity index (χ0) is 13.7. The molecule has 0 N–H and O–H groups in total. The first kappa shape index (κ1) is 11.4. The van der Waals surface area contributed by atoms with Crippen molar-refractivity contribution in [2.45, 2.75) is 6.92 Å². The number of benzene rings is 1. The van der Waals surface area contributed by atoms with Crippen molar-refractivity contribution in [3.8, 4) is 11.6 Å². The van der Waals surface area contributed by atoms with Crippen molar-refractivity contribution < 1.29 is 4.42 Å². The molecule has 0 radical (unpaired) electrons. The van der Waals surface area contributed by atoms with E-state index in [1.54, 1.807) is 11.3 Å². The summed E-state index contributed by atoms with van der Waals surface area (Å²) in [4.78, 5) is 5.52. The Morgan fingerprint density at radius 3 is 2.95 bits per heavy atom. The maximum absolute atomic E-state index is 5.59. The molecule has 0 saturated carbocycles. The minimum absolute atomic E-state index is 0.411. The summed E-state index contributed by atoms with van der Waals surface area (Å²) in [6.45, 7) is 5.58. The summed E-state index contributed by atoms with van der Waals surface area (Å²) in [6.07, 6.45) is 1.54. The van der Waals surface area contributed by atoms with Crippen molar-refractivity contribution in [3.05, 3.63) is 42.4 Å². The number of thiazole rings is 1. The van der Waals surface area contributed by atoms with E-state index in [-0.39, 0.29) is 0 Å². The molecule has 0 spiro atoms. The van der Waals surface area contributed by atoms with E-state index < -0.39 is 0 Å². The maximum Gasteiger partial charge on any atom is 0.266 e. The topological polar surface area (TPSA) is 56.2 Å². The molecular formula is C14H10N4OS. The summed E-state index contributed by atoms with van der Waals surface area (Å²) in [5.74, 6) is 0.877. The van der Waals surface area contributed by atoms with E-state index in [0.29, 0.717) is 11.8 Å². The highest BCUT2D eigenvalue weighted by atomic mass is 32.1. The van der Waals surface area contributed by atoms with Crippen molar-refractivity contribution in [3.63, 3.8) is 0 Å². The number of rotatable bonds is 2. The summed E-state index contributed by atoms with van der Waals surface area (Å²) >= 11 is 1.65. The molecule has 0 atom stereocenters. The van der Waals surface area contributed by atoms with Gasteiger partial charge < -0.3 is 4.42 Å². The summed E-state index contributed by atoms with van der Waals surface area (Å²) in [7, 11) is 0. The molecule has 4 aromatic rings. The average Bonchev–Trinajstić information content (AvgIpc) is 3.11. The van der Waals surface area contributed by atoms with Crippen LogP contribution in [-0.2, 0) is 0 Å². The van der Waals surface area contributed by atoms with E-state index in [4.69, 9.17) is 4.42 Å². The van der Waals surface area contributed by atoms with Gasteiger partial charge in [-0.15, -0.1) is 10.2 Å². The first-order valence-electron chi connectivity index (χ1n) is 6.11. The van der Waals surface area contributed by atoms with Crippen LogP contribution in [0.15, 0.2) is 35.3 Å². The predicted octanol–water partition coefficient (Wildman–Crippen LogP) is 3.55. The Bertz CT molecular complexity index is 947. The minimum atomic E-state index is 0.411. The number of imidazole rings is 1. The third-order valence-electron chi connectivity index (χ3n) is 3.15. The summed E-state index contributed by atoms with van der Waals surface area (Å²) in [5.41, 5.74) is 2.82. The van der Waals surface area contributed by atoms with E-state index in [1.807, 2.05) is 19.1 Å². The van der Waals surface area contributed by atoms with Gasteiger partial charge in [0, 0.05) is 0 Å². The number of nitrogens with zero attached hydrogens (tertiary/aromatic N) is 4. The molecule has 0 saturated heterocycles. The van der Waals surface area contributed by atoms with Crippen LogP contribution in [0.25, 0.3) is 32.8 Å². The van der Waals surface area contributed by atoms with Gasteiger partial charge in [0.2, 0.25) is 5.89 Å². The fourth-order valence-electron chi connectivity index (χ4n) is 2.29. The molecule has 0 aliphatic carbocycles. The quantitative estimate of drug-likeness (QED) is 0.564. The third-order valence-corrected chi connectivity index (χ3v) is 4.17. The molecule has 98 valence electrons. The van der Waals surface area contributed by atoms with E-state index in [9.17, 15) is 0 Å². The Hall–Kier alpha value is -2.47. The molecule has 0 bridgehead atoms. The number of hydrogen-bond acceptors (Lipinski definition) is 5. The molecular weight excluding hydrogens is 272 g/mol. The highest BCUT2D eigenvalue weighted by Crippen LogP contribution is 2.33. The van der Waals surface area contributed by atoms with Gasteiger partial charge in [-0.3, -0.25) is 4.40 Å². The average molecular weight is 282 g/mol. The molecule has 0 unspecified atom stereocenters. The van der Waals surface area contributed by atoms with Gasteiger partial charge in [0.05, 0.1) is 15.9 Å². The summed E-state index contributed by atoms with van der Waals surface area (Å²) in [5, 5.41) is 8.01. The van der Waals surface area contributed by atoms with Gasteiger partial charge in [-0.25, -0.2) is 4.98 Å². The van der Waals surface area contributed by atoms with Crippen molar-refractivity contribution in [1.29, 1.82) is 0 Å².